The number of hydrogen-bond acceptors (Lipinski definition) is 3. The van der Waals surface area contributed by atoms with Crippen LogP contribution in [0.5, 0.6) is 0 Å². The van der Waals surface area contributed by atoms with Crippen LogP contribution >= 0.6 is 15.9 Å². The van der Waals surface area contributed by atoms with Crippen molar-refractivity contribution in [1.82, 2.24) is 5.43 Å². The predicted octanol–water partition coefficient (Wildman–Crippen LogP) is 3.35. The molecule has 1 aromatic heterocycles. The van der Waals surface area contributed by atoms with Gasteiger partial charge in [-0.1, -0.05) is 23.8 Å². The van der Waals surface area contributed by atoms with E-state index in [4.69, 9.17) is 4.42 Å². The first kappa shape index (κ1) is 14.5. The lowest BCUT2D eigenvalue weighted by atomic mass is 10.0. The first-order chi connectivity index (χ1) is 9.54. The highest BCUT2D eigenvalue weighted by Crippen LogP contribution is 2.12. The molecular weight excluding hydrogens is 320 g/mol. The van der Waals surface area contributed by atoms with Gasteiger partial charge in [0.1, 0.15) is 5.76 Å². The van der Waals surface area contributed by atoms with Gasteiger partial charge in [0.2, 0.25) is 5.91 Å². The van der Waals surface area contributed by atoms with E-state index in [0.29, 0.717) is 16.9 Å². The number of nitrogens with zero attached hydrogens (tertiary/aromatic N) is 1. The van der Waals surface area contributed by atoms with Crippen molar-refractivity contribution in [2.75, 3.05) is 0 Å². The normalized spacial score (nSPS) is 10.9. The number of halogens is 1. The largest absolute Gasteiger partial charge is 0.448 e. The Morgan fingerprint density at radius 3 is 2.80 bits per heavy atom. The third-order valence-electron chi connectivity index (χ3n) is 2.82. The van der Waals surface area contributed by atoms with Crippen molar-refractivity contribution in [2.24, 2.45) is 5.10 Å². The number of carbonyl (C=O) groups is 1. The van der Waals surface area contributed by atoms with E-state index in [0.717, 1.165) is 11.1 Å². The zero-order valence-electron chi connectivity index (χ0n) is 11.3. The van der Waals surface area contributed by atoms with Gasteiger partial charge in [0.15, 0.2) is 4.67 Å². The van der Waals surface area contributed by atoms with Crippen LogP contribution in [0.4, 0.5) is 0 Å². The Kier molecular flexibility index (Phi) is 4.74. The third kappa shape index (κ3) is 4.06. The van der Waals surface area contributed by atoms with Gasteiger partial charge < -0.3 is 4.42 Å². The van der Waals surface area contributed by atoms with E-state index in [-0.39, 0.29) is 5.91 Å². The second kappa shape index (κ2) is 6.52. The molecule has 0 spiro atoms. The molecule has 0 bridgehead atoms. The molecule has 4 nitrogen and oxygen atoms in total. The molecule has 20 heavy (non-hydrogen) atoms. The van der Waals surface area contributed by atoms with Crippen LogP contribution in [0.25, 0.3) is 0 Å². The maximum absolute atomic E-state index is 11.8. The summed E-state index contributed by atoms with van der Waals surface area (Å²) in [4.78, 5) is 11.8. The van der Waals surface area contributed by atoms with Crippen LogP contribution in [0.3, 0.4) is 0 Å². The average molecular weight is 335 g/mol. The maximum atomic E-state index is 11.8. The number of benzene rings is 1. The van der Waals surface area contributed by atoms with Gasteiger partial charge in [-0.2, -0.15) is 5.10 Å². The molecule has 0 unspecified atom stereocenters. The molecule has 1 aromatic carbocycles. The minimum absolute atomic E-state index is 0.154. The lowest BCUT2D eigenvalue weighted by Crippen LogP contribution is -2.20. The van der Waals surface area contributed by atoms with Crippen LogP contribution in [0.1, 0.15) is 22.5 Å². The summed E-state index contributed by atoms with van der Waals surface area (Å²) in [6.45, 7) is 4.03. The molecule has 104 valence electrons. The Hall–Kier alpha value is -1.88. The molecular formula is C15H15BrN2O2. The van der Waals surface area contributed by atoms with Gasteiger partial charge >= 0.3 is 0 Å². The molecule has 0 aliphatic rings. The van der Waals surface area contributed by atoms with E-state index in [1.165, 1.54) is 11.8 Å². The molecule has 0 aliphatic carbocycles. The first-order valence-electron chi connectivity index (χ1n) is 6.18. The van der Waals surface area contributed by atoms with Gasteiger partial charge in [0.25, 0.3) is 0 Å². The number of hydrogen-bond donors (Lipinski definition) is 1. The summed E-state index contributed by atoms with van der Waals surface area (Å²) < 4.78 is 5.86. The van der Waals surface area contributed by atoms with Gasteiger partial charge in [-0.15, -0.1) is 0 Å². The zero-order chi connectivity index (χ0) is 14.5. The molecule has 1 heterocycles. The van der Waals surface area contributed by atoms with Crippen LogP contribution in [0.2, 0.25) is 0 Å². The third-order valence-corrected chi connectivity index (χ3v) is 3.25. The first-order valence-corrected chi connectivity index (χ1v) is 6.97. The molecule has 5 heteroatoms. The van der Waals surface area contributed by atoms with Crippen molar-refractivity contribution < 1.29 is 9.21 Å². The highest BCUT2D eigenvalue weighted by Gasteiger charge is 2.05. The summed E-state index contributed by atoms with van der Waals surface area (Å²) in [7, 11) is 0. The molecule has 0 atom stereocenters. The number of rotatable bonds is 4. The summed E-state index contributed by atoms with van der Waals surface area (Å²) >= 11 is 3.20. The number of carbonyl (C=O) groups excluding carboxylic acids is 1. The van der Waals surface area contributed by atoms with Gasteiger partial charge in [-0.25, -0.2) is 5.43 Å². The summed E-state index contributed by atoms with van der Waals surface area (Å²) in [5, 5.41) is 3.86. The minimum atomic E-state index is -0.154. The standard InChI is InChI=1S/C15H15BrN2O2/c1-10-3-4-12(11(2)7-10)8-15(19)18-17-9-13-5-6-14(16)20-13/h3-7,9H,8H2,1-2H3,(H,18,19)/b17-9-. The second-order valence-corrected chi connectivity index (χ2v) is 5.32. The predicted molar refractivity (Wildman–Crippen MR) is 81.8 cm³/mol. The fourth-order valence-corrected chi connectivity index (χ4v) is 2.14. The Balaban J connectivity index is 1.91. The van der Waals surface area contributed by atoms with Crippen molar-refractivity contribution in [1.29, 1.82) is 0 Å². The van der Waals surface area contributed by atoms with E-state index in [9.17, 15) is 4.79 Å². The van der Waals surface area contributed by atoms with E-state index in [1.54, 1.807) is 12.1 Å². The molecule has 0 radical (unpaired) electrons. The van der Waals surface area contributed by atoms with Crippen molar-refractivity contribution in [3.05, 3.63) is 57.5 Å². The molecule has 2 rings (SSSR count). The number of amides is 1. The fourth-order valence-electron chi connectivity index (χ4n) is 1.82. The van der Waals surface area contributed by atoms with E-state index in [2.05, 4.69) is 32.5 Å². The van der Waals surface area contributed by atoms with E-state index >= 15 is 0 Å². The van der Waals surface area contributed by atoms with Crippen molar-refractivity contribution in [2.45, 2.75) is 20.3 Å². The molecule has 1 N–H and O–H groups in total. The molecule has 0 saturated carbocycles. The van der Waals surface area contributed by atoms with E-state index < -0.39 is 0 Å². The van der Waals surface area contributed by atoms with Crippen molar-refractivity contribution in [3.8, 4) is 0 Å². The monoisotopic (exact) mass is 334 g/mol. The van der Waals surface area contributed by atoms with Gasteiger partial charge in [0, 0.05) is 0 Å². The maximum Gasteiger partial charge on any atom is 0.244 e. The Labute approximate surface area is 126 Å². The van der Waals surface area contributed by atoms with E-state index in [1.807, 2.05) is 26.0 Å². The van der Waals surface area contributed by atoms with Crippen LogP contribution in [0.15, 0.2) is 44.5 Å². The molecule has 1 amide bonds. The highest BCUT2D eigenvalue weighted by molar-refractivity contribution is 9.10. The fraction of sp³-hybridized carbons (Fsp3) is 0.200. The topological polar surface area (TPSA) is 54.6 Å². The summed E-state index contributed by atoms with van der Waals surface area (Å²) in [6.07, 6.45) is 1.77. The molecule has 2 aromatic rings. The second-order valence-electron chi connectivity index (χ2n) is 4.54. The molecule has 0 aliphatic heterocycles. The Bertz CT molecular complexity index is 647. The van der Waals surface area contributed by atoms with Gasteiger partial charge in [-0.05, 0) is 53.0 Å². The van der Waals surface area contributed by atoms with Crippen LogP contribution < -0.4 is 5.43 Å². The van der Waals surface area contributed by atoms with Crippen molar-refractivity contribution in [3.63, 3.8) is 0 Å². The number of aryl methyl sites for hydroxylation is 2. The van der Waals surface area contributed by atoms with Gasteiger partial charge in [-0.3, -0.25) is 4.79 Å². The summed E-state index contributed by atoms with van der Waals surface area (Å²) in [6, 6.07) is 9.55. The minimum Gasteiger partial charge on any atom is -0.448 e. The Morgan fingerprint density at radius 2 is 2.15 bits per heavy atom. The smallest absolute Gasteiger partial charge is 0.244 e. The SMILES string of the molecule is Cc1ccc(CC(=O)N/N=C\c2ccc(Br)o2)c(C)c1. The Morgan fingerprint density at radius 1 is 1.35 bits per heavy atom. The average Bonchev–Trinajstić information content (AvgIpc) is 2.79. The highest BCUT2D eigenvalue weighted by atomic mass is 79.9. The van der Waals surface area contributed by atoms with Gasteiger partial charge in [0.05, 0.1) is 12.6 Å². The number of nitrogens with one attached hydrogen (secondary N) is 1. The van der Waals surface area contributed by atoms with Crippen molar-refractivity contribution >= 4 is 28.1 Å². The molecule has 0 saturated heterocycles. The molecule has 0 fully saturated rings. The summed E-state index contributed by atoms with van der Waals surface area (Å²) in [5.41, 5.74) is 5.79. The lowest BCUT2D eigenvalue weighted by Gasteiger charge is -2.05. The number of furan rings is 1. The summed E-state index contributed by atoms with van der Waals surface area (Å²) in [5.74, 6) is 0.419. The van der Waals surface area contributed by atoms with Crippen LogP contribution in [0, 0.1) is 13.8 Å². The quantitative estimate of drug-likeness (QED) is 0.688. The van der Waals surface area contributed by atoms with Crippen LogP contribution in [-0.2, 0) is 11.2 Å². The van der Waals surface area contributed by atoms with Crippen LogP contribution in [-0.4, -0.2) is 12.1 Å². The zero-order valence-corrected chi connectivity index (χ0v) is 12.9. The number of hydrazone groups is 1. The lowest BCUT2D eigenvalue weighted by molar-refractivity contribution is -0.120.